The van der Waals surface area contributed by atoms with Gasteiger partial charge in [-0.15, -0.1) is 11.3 Å². The summed E-state index contributed by atoms with van der Waals surface area (Å²) in [5.41, 5.74) is 8.32. The molecule has 0 unspecified atom stereocenters. The third-order valence-electron chi connectivity index (χ3n) is 9.56. The molecule has 10 rings (SSSR count). The van der Waals surface area contributed by atoms with E-state index in [1.54, 1.807) is 17.4 Å². The van der Waals surface area contributed by atoms with Gasteiger partial charge in [-0.1, -0.05) is 121 Å². The molecule has 0 atom stereocenters. The number of hydrogen-bond donors (Lipinski definition) is 1. The molecule has 6 heteroatoms. The quantitative estimate of drug-likeness (QED) is 0.198. The van der Waals surface area contributed by atoms with E-state index in [0.717, 1.165) is 53.6 Å². The van der Waals surface area contributed by atoms with Crippen molar-refractivity contribution < 1.29 is 5.11 Å². The van der Waals surface area contributed by atoms with E-state index in [-0.39, 0.29) is 5.75 Å². The van der Waals surface area contributed by atoms with Gasteiger partial charge >= 0.3 is 0 Å². The number of thiophene rings is 1. The lowest BCUT2D eigenvalue weighted by molar-refractivity contribution is 0.482. The molecule has 0 saturated carbocycles. The van der Waals surface area contributed by atoms with Crippen LogP contribution >= 0.6 is 11.3 Å². The van der Waals surface area contributed by atoms with Gasteiger partial charge in [-0.05, 0) is 53.6 Å². The zero-order chi connectivity index (χ0) is 33.9. The number of aromatic nitrogens is 4. The Morgan fingerprint density at radius 3 is 1.76 bits per heavy atom. The second kappa shape index (κ2) is 11.8. The highest BCUT2D eigenvalue weighted by molar-refractivity contribution is 7.26. The Bertz CT molecular complexity index is 2860. The topological polar surface area (TPSA) is 63.8 Å². The molecule has 0 aliphatic carbocycles. The highest BCUT2D eigenvalue weighted by Crippen LogP contribution is 2.45. The van der Waals surface area contributed by atoms with E-state index in [1.165, 1.54) is 21.9 Å². The van der Waals surface area contributed by atoms with Crippen LogP contribution in [0.3, 0.4) is 0 Å². The number of phenols is 1. The van der Waals surface area contributed by atoms with Crippen LogP contribution in [-0.2, 0) is 0 Å². The van der Waals surface area contributed by atoms with Crippen LogP contribution in [0.15, 0.2) is 164 Å². The van der Waals surface area contributed by atoms with Gasteiger partial charge in [0, 0.05) is 48.6 Å². The van der Waals surface area contributed by atoms with Gasteiger partial charge in [-0.2, -0.15) is 0 Å². The fraction of sp³-hybridized carbons (Fsp3) is 0. The van der Waals surface area contributed by atoms with Crippen LogP contribution in [0.1, 0.15) is 0 Å². The number of phenolic OH excluding ortho intramolecular Hbond substituents is 1. The van der Waals surface area contributed by atoms with Gasteiger partial charge in [0.05, 0.1) is 15.7 Å². The van der Waals surface area contributed by atoms with E-state index in [1.807, 2.05) is 72.8 Å². The van der Waals surface area contributed by atoms with E-state index < -0.39 is 0 Å². The Balaban J connectivity index is 1.19. The highest BCUT2D eigenvalue weighted by atomic mass is 32.1. The molecule has 0 aliphatic heterocycles. The van der Waals surface area contributed by atoms with Gasteiger partial charge in [0.15, 0.2) is 17.5 Å². The maximum atomic E-state index is 11.5. The van der Waals surface area contributed by atoms with Crippen molar-refractivity contribution in [3.8, 4) is 56.7 Å². The van der Waals surface area contributed by atoms with Gasteiger partial charge in [0.25, 0.3) is 0 Å². The van der Waals surface area contributed by atoms with E-state index in [2.05, 4.69) is 89.5 Å². The predicted octanol–water partition coefficient (Wildman–Crippen LogP) is 11.7. The summed E-state index contributed by atoms with van der Waals surface area (Å²) < 4.78 is 4.34. The summed E-state index contributed by atoms with van der Waals surface area (Å²) in [7, 11) is 0. The second-order valence-corrected chi connectivity index (χ2v) is 13.7. The molecule has 0 fully saturated rings. The Kier molecular flexibility index (Phi) is 6.76. The van der Waals surface area contributed by atoms with Gasteiger partial charge in [0.2, 0.25) is 0 Å². The molecule has 0 aliphatic rings. The molecular formula is C45H28N4OS. The van der Waals surface area contributed by atoms with Crippen LogP contribution in [-0.4, -0.2) is 24.6 Å². The first-order valence-corrected chi connectivity index (χ1v) is 17.7. The fourth-order valence-electron chi connectivity index (χ4n) is 7.15. The first kappa shape index (κ1) is 29.3. The summed E-state index contributed by atoms with van der Waals surface area (Å²) in [6, 6.07) is 56.0. The molecule has 240 valence electrons. The third-order valence-corrected chi connectivity index (χ3v) is 10.8. The van der Waals surface area contributed by atoms with Crippen LogP contribution in [0.5, 0.6) is 5.75 Å². The number of nitrogens with zero attached hydrogens (tertiary/aromatic N) is 4. The molecule has 0 saturated heterocycles. The Morgan fingerprint density at radius 2 is 1.06 bits per heavy atom. The molecule has 3 heterocycles. The SMILES string of the molecule is Oc1ccc(-c2nc(-c3ccccc3)nc(-c3ccccc3)n2)c2sc3ccc(-n4c5ccccc5c5ccc(-c6ccccc6)cc54)cc3c12. The summed E-state index contributed by atoms with van der Waals surface area (Å²) in [5.74, 6) is 2.00. The molecule has 0 spiro atoms. The van der Waals surface area contributed by atoms with Crippen molar-refractivity contribution in [2.45, 2.75) is 0 Å². The highest BCUT2D eigenvalue weighted by Gasteiger charge is 2.20. The lowest BCUT2D eigenvalue weighted by Crippen LogP contribution is -2.00. The molecule has 0 radical (unpaired) electrons. The van der Waals surface area contributed by atoms with Gasteiger partial charge in [-0.3, -0.25) is 0 Å². The summed E-state index contributed by atoms with van der Waals surface area (Å²) >= 11 is 1.64. The third kappa shape index (κ3) is 4.88. The first-order valence-electron chi connectivity index (χ1n) is 16.8. The molecule has 5 nitrogen and oxygen atoms in total. The van der Waals surface area contributed by atoms with Gasteiger partial charge in [-0.25, -0.2) is 15.0 Å². The lowest BCUT2D eigenvalue weighted by Gasteiger charge is -2.10. The van der Waals surface area contributed by atoms with Crippen LogP contribution in [0, 0.1) is 0 Å². The maximum Gasteiger partial charge on any atom is 0.165 e. The normalized spacial score (nSPS) is 11.6. The van der Waals surface area contributed by atoms with E-state index in [9.17, 15) is 5.11 Å². The average Bonchev–Trinajstić information content (AvgIpc) is 3.75. The smallest absolute Gasteiger partial charge is 0.165 e. The first-order chi connectivity index (χ1) is 25.2. The number of rotatable bonds is 5. The van der Waals surface area contributed by atoms with E-state index in [4.69, 9.17) is 15.0 Å². The second-order valence-electron chi connectivity index (χ2n) is 12.6. The van der Waals surface area contributed by atoms with Crippen molar-refractivity contribution in [1.82, 2.24) is 19.5 Å². The van der Waals surface area contributed by atoms with Crippen molar-refractivity contribution in [1.29, 1.82) is 0 Å². The molecule has 7 aromatic carbocycles. The minimum atomic E-state index is 0.228. The van der Waals surface area contributed by atoms with Gasteiger partial charge in [0.1, 0.15) is 5.75 Å². The fourth-order valence-corrected chi connectivity index (χ4v) is 8.37. The number of aromatic hydroxyl groups is 1. The van der Waals surface area contributed by atoms with E-state index in [0.29, 0.717) is 17.5 Å². The molecular weight excluding hydrogens is 645 g/mol. The van der Waals surface area contributed by atoms with Crippen molar-refractivity contribution in [3.05, 3.63) is 164 Å². The Hall–Kier alpha value is -6.63. The predicted molar refractivity (Wildman–Crippen MR) is 210 cm³/mol. The van der Waals surface area contributed by atoms with Crippen LogP contribution in [0.25, 0.3) is 93.0 Å². The molecule has 10 aromatic rings. The van der Waals surface area contributed by atoms with Crippen molar-refractivity contribution in [3.63, 3.8) is 0 Å². The van der Waals surface area contributed by atoms with Gasteiger partial charge < -0.3 is 9.67 Å². The van der Waals surface area contributed by atoms with Crippen molar-refractivity contribution >= 4 is 53.3 Å². The minimum absolute atomic E-state index is 0.228. The van der Waals surface area contributed by atoms with Crippen LogP contribution in [0.4, 0.5) is 0 Å². The summed E-state index contributed by atoms with van der Waals surface area (Å²) in [6.45, 7) is 0. The average molecular weight is 673 g/mol. The monoisotopic (exact) mass is 672 g/mol. The summed E-state index contributed by atoms with van der Waals surface area (Å²) in [6.07, 6.45) is 0. The number of hydrogen-bond acceptors (Lipinski definition) is 5. The van der Waals surface area contributed by atoms with Crippen LogP contribution in [0.2, 0.25) is 0 Å². The number of fused-ring (bicyclic) bond motifs is 6. The summed E-state index contributed by atoms with van der Waals surface area (Å²) in [4.78, 5) is 14.9. The number of para-hydroxylation sites is 1. The van der Waals surface area contributed by atoms with Crippen LogP contribution < -0.4 is 0 Å². The van der Waals surface area contributed by atoms with Crippen molar-refractivity contribution in [2.75, 3.05) is 0 Å². The summed E-state index contributed by atoms with van der Waals surface area (Å²) in [5, 5.41) is 15.6. The lowest BCUT2D eigenvalue weighted by atomic mass is 10.0. The number of benzene rings is 7. The molecule has 51 heavy (non-hydrogen) atoms. The Labute approximate surface area is 297 Å². The molecule has 0 bridgehead atoms. The molecule has 1 N–H and O–H groups in total. The largest absolute Gasteiger partial charge is 0.507 e. The molecule has 3 aromatic heterocycles. The van der Waals surface area contributed by atoms with Crippen molar-refractivity contribution in [2.24, 2.45) is 0 Å². The Morgan fingerprint density at radius 1 is 0.451 bits per heavy atom. The zero-order valence-corrected chi connectivity index (χ0v) is 28.0. The van der Waals surface area contributed by atoms with E-state index >= 15 is 0 Å². The standard InChI is InChI=1S/C45H28N4OS/c50-39-24-23-35(45-47-43(29-14-6-2-7-15-29)46-44(48-45)30-16-8-3-9-17-30)42-41(39)36-27-32(21-25-40(36)51-42)49-37-19-11-10-18-33(37)34-22-20-31(26-38(34)49)28-12-4-1-5-13-28/h1-27,50H. The maximum absolute atomic E-state index is 11.5. The minimum Gasteiger partial charge on any atom is -0.507 e. The molecule has 0 amide bonds. The zero-order valence-electron chi connectivity index (χ0n) is 27.2.